The molecule has 0 aliphatic heterocycles. The summed E-state index contributed by atoms with van der Waals surface area (Å²) in [5.74, 6) is 4.19. The zero-order chi connectivity index (χ0) is 16.7. The number of ketones is 1. The van der Waals surface area contributed by atoms with Crippen LogP contribution in [0.3, 0.4) is 0 Å². The molecule has 1 aromatic heterocycles. The van der Waals surface area contributed by atoms with Gasteiger partial charge in [-0.05, 0) is 18.4 Å². The molecule has 0 bridgehead atoms. The van der Waals surface area contributed by atoms with Gasteiger partial charge in [-0.25, -0.2) is 4.98 Å². The number of nitrogens with two attached hydrogens (primary N) is 1. The predicted molar refractivity (Wildman–Crippen MR) is 83.5 cm³/mol. The highest BCUT2D eigenvalue weighted by molar-refractivity contribution is 5.94. The minimum atomic E-state index is -0.539. The Hall–Kier alpha value is -2.47. The van der Waals surface area contributed by atoms with Gasteiger partial charge in [-0.1, -0.05) is 37.3 Å². The number of benzene rings is 1. The smallest absolute Gasteiger partial charge is 0.325 e. The minimum absolute atomic E-state index is 0.0680. The molecule has 2 N–H and O–H groups in total. The van der Waals surface area contributed by atoms with Crippen LogP contribution in [0.2, 0.25) is 0 Å². The summed E-state index contributed by atoms with van der Waals surface area (Å²) >= 11 is 0. The Balaban J connectivity index is 2.06. The number of rotatable bonds is 8. The van der Waals surface area contributed by atoms with Crippen LogP contribution in [-0.2, 0) is 16.1 Å². The molecule has 6 nitrogen and oxygen atoms in total. The van der Waals surface area contributed by atoms with Crippen molar-refractivity contribution in [1.29, 1.82) is 0 Å². The van der Waals surface area contributed by atoms with Gasteiger partial charge in [0.2, 0.25) is 0 Å². The van der Waals surface area contributed by atoms with E-state index in [0.29, 0.717) is 25.0 Å². The molecular weight excluding hydrogens is 296 g/mol. The number of carbonyl (C=O) groups excluding carboxylic acids is 2. The standard InChI is InChI=1S/C17H20N2O4/c1-2-13(10-15(21)23-18)16-17(22-11-19-16)14(20)9-8-12-6-4-3-5-7-12/h3-7,11,13H,2,8-10,18H2,1H3. The van der Waals surface area contributed by atoms with Crippen molar-refractivity contribution < 1.29 is 18.8 Å². The third-order valence-electron chi connectivity index (χ3n) is 3.76. The molecule has 2 aromatic rings. The van der Waals surface area contributed by atoms with E-state index in [1.807, 2.05) is 37.3 Å². The molecule has 1 aromatic carbocycles. The quantitative estimate of drug-likeness (QED) is 0.594. The maximum Gasteiger partial charge on any atom is 0.325 e. The summed E-state index contributed by atoms with van der Waals surface area (Å²) < 4.78 is 5.27. The van der Waals surface area contributed by atoms with Gasteiger partial charge in [-0.3, -0.25) is 9.59 Å². The lowest BCUT2D eigenvalue weighted by Gasteiger charge is -2.11. The topological polar surface area (TPSA) is 95.4 Å². The minimum Gasteiger partial charge on any atom is -0.440 e. The summed E-state index contributed by atoms with van der Waals surface area (Å²) in [4.78, 5) is 32.1. The average Bonchev–Trinajstić information content (AvgIpc) is 3.07. The fourth-order valence-electron chi connectivity index (χ4n) is 2.45. The zero-order valence-electron chi connectivity index (χ0n) is 13.0. The van der Waals surface area contributed by atoms with Gasteiger partial charge in [0.05, 0.1) is 12.1 Å². The van der Waals surface area contributed by atoms with Gasteiger partial charge in [0.25, 0.3) is 0 Å². The van der Waals surface area contributed by atoms with Gasteiger partial charge in [0.15, 0.2) is 17.9 Å². The molecule has 1 heterocycles. The monoisotopic (exact) mass is 316 g/mol. The van der Waals surface area contributed by atoms with Crippen molar-refractivity contribution in [2.75, 3.05) is 0 Å². The molecule has 0 saturated heterocycles. The van der Waals surface area contributed by atoms with E-state index in [1.54, 1.807) is 0 Å². The van der Waals surface area contributed by atoms with Gasteiger partial charge in [-0.15, -0.1) is 0 Å². The Morgan fingerprint density at radius 2 is 2.04 bits per heavy atom. The Bertz CT molecular complexity index is 652. The van der Waals surface area contributed by atoms with Crippen LogP contribution in [0.4, 0.5) is 0 Å². The van der Waals surface area contributed by atoms with Crippen LogP contribution in [0, 0.1) is 0 Å². The second kappa shape index (κ2) is 8.24. The van der Waals surface area contributed by atoms with Crippen LogP contribution < -0.4 is 5.90 Å². The number of carbonyl (C=O) groups is 2. The van der Waals surface area contributed by atoms with Crippen molar-refractivity contribution in [2.24, 2.45) is 5.90 Å². The lowest BCUT2D eigenvalue weighted by atomic mass is 9.95. The van der Waals surface area contributed by atoms with E-state index in [9.17, 15) is 9.59 Å². The zero-order valence-corrected chi connectivity index (χ0v) is 13.0. The van der Waals surface area contributed by atoms with Crippen molar-refractivity contribution in [3.8, 4) is 0 Å². The van der Waals surface area contributed by atoms with Crippen LogP contribution in [0.1, 0.15) is 53.9 Å². The molecule has 23 heavy (non-hydrogen) atoms. The first-order valence-electron chi connectivity index (χ1n) is 7.55. The molecule has 0 radical (unpaired) electrons. The van der Waals surface area contributed by atoms with Gasteiger partial charge in [-0.2, -0.15) is 5.90 Å². The molecule has 122 valence electrons. The van der Waals surface area contributed by atoms with Crippen LogP contribution in [0.5, 0.6) is 0 Å². The fourth-order valence-corrected chi connectivity index (χ4v) is 2.45. The van der Waals surface area contributed by atoms with Crippen molar-refractivity contribution >= 4 is 11.8 Å². The number of Topliss-reactive ketones (excluding diaryl/α,β-unsaturated/α-hetero) is 1. The van der Waals surface area contributed by atoms with E-state index >= 15 is 0 Å². The SMILES string of the molecule is CCC(CC(=O)ON)c1ncoc1C(=O)CCc1ccccc1. The summed E-state index contributed by atoms with van der Waals surface area (Å²) in [5.41, 5.74) is 1.58. The van der Waals surface area contributed by atoms with Crippen molar-refractivity contribution in [1.82, 2.24) is 4.98 Å². The summed E-state index contributed by atoms with van der Waals surface area (Å²) in [7, 11) is 0. The van der Waals surface area contributed by atoms with E-state index in [-0.39, 0.29) is 23.9 Å². The highest BCUT2D eigenvalue weighted by Crippen LogP contribution is 2.26. The summed E-state index contributed by atoms with van der Waals surface area (Å²) in [6.07, 6.45) is 2.88. The van der Waals surface area contributed by atoms with Crippen LogP contribution in [0.25, 0.3) is 0 Å². The lowest BCUT2D eigenvalue weighted by Crippen LogP contribution is -2.15. The van der Waals surface area contributed by atoms with Crippen molar-refractivity contribution in [3.05, 3.63) is 53.7 Å². The van der Waals surface area contributed by atoms with Gasteiger partial charge in [0, 0.05) is 12.3 Å². The summed E-state index contributed by atoms with van der Waals surface area (Å²) in [6, 6.07) is 9.75. The van der Waals surface area contributed by atoms with Crippen molar-refractivity contribution in [2.45, 2.75) is 38.5 Å². The molecular formula is C17H20N2O4. The molecule has 0 spiro atoms. The maximum atomic E-state index is 12.4. The highest BCUT2D eigenvalue weighted by atomic mass is 16.7. The van der Waals surface area contributed by atoms with E-state index in [0.717, 1.165) is 5.56 Å². The van der Waals surface area contributed by atoms with Crippen LogP contribution >= 0.6 is 0 Å². The second-order valence-electron chi connectivity index (χ2n) is 5.27. The number of hydrogen-bond acceptors (Lipinski definition) is 6. The largest absolute Gasteiger partial charge is 0.440 e. The third-order valence-corrected chi connectivity index (χ3v) is 3.76. The Morgan fingerprint density at radius 1 is 1.30 bits per heavy atom. The summed E-state index contributed by atoms with van der Waals surface area (Å²) in [5, 5.41) is 0. The van der Waals surface area contributed by atoms with Crippen molar-refractivity contribution in [3.63, 3.8) is 0 Å². The Morgan fingerprint density at radius 3 is 2.70 bits per heavy atom. The number of oxazole rings is 1. The number of hydrogen-bond donors (Lipinski definition) is 1. The van der Waals surface area contributed by atoms with Gasteiger partial charge >= 0.3 is 5.97 Å². The molecule has 2 rings (SSSR count). The Labute approximate surface area is 134 Å². The molecule has 1 unspecified atom stereocenters. The van der Waals surface area contributed by atoms with Gasteiger partial charge in [0.1, 0.15) is 0 Å². The number of nitrogens with zero attached hydrogens (tertiary/aromatic N) is 1. The first kappa shape index (κ1) is 16.9. The Kier molecular flexibility index (Phi) is 6.05. The third kappa shape index (κ3) is 4.50. The molecule has 0 aliphatic carbocycles. The van der Waals surface area contributed by atoms with E-state index in [1.165, 1.54) is 6.39 Å². The second-order valence-corrected chi connectivity index (χ2v) is 5.27. The first-order chi connectivity index (χ1) is 11.2. The highest BCUT2D eigenvalue weighted by Gasteiger charge is 2.25. The molecule has 0 fully saturated rings. The molecule has 6 heteroatoms. The van der Waals surface area contributed by atoms with Gasteiger partial charge < -0.3 is 9.25 Å². The normalized spacial score (nSPS) is 11.9. The van der Waals surface area contributed by atoms with E-state index in [4.69, 9.17) is 10.3 Å². The molecule has 1 atom stereocenters. The first-order valence-corrected chi connectivity index (χ1v) is 7.55. The predicted octanol–water partition coefficient (Wildman–Crippen LogP) is 2.79. The average molecular weight is 316 g/mol. The van der Waals surface area contributed by atoms with Crippen LogP contribution in [0.15, 0.2) is 41.1 Å². The van der Waals surface area contributed by atoms with E-state index < -0.39 is 5.97 Å². The maximum absolute atomic E-state index is 12.4. The molecule has 0 saturated carbocycles. The molecule has 0 aliphatic rings. The summed E-state index contributed by atoms with van der Waals surface area (Å²) in [6.45, 7) is 1.90. The molecule has 0 amide bonds. The van der Waals surface area contributed by atoms with E-state index in [2.05, 4.69) is 9.82 Å². The fraction of sp³-hybridized carbons (Fsp3) is 0.353. The number of aromatic nitrogens is 1. The number of aryl methyl sites for hydroxylation is 1. The van der Waals surface area contributed by atoms with Crippen LogP contribution in [-0.4, -0.2) is 16.7 Å². The lowest BCUT2D eigenvalue weighted by molar-refractivity contribution is -0.144.